The van der Waals surface area contributed by atoms with Crippen LogP contribution in [0.1, 0.15) is 117 Å². The molecule has 4 fully saturated rings. The second kappa shape index (κ2) is 13.9. The third-order valence-electron chi connectivity index (χ3n) is 10.5. The molecule has 4 rings (SSSR count). The Labute approximate surface area is 214 Å². The van der Waals surface area contributed by atoms with Gasteiger partial charge in [-0.25, -0.2) is 0 Å². The van der Waals surface area contributed by atoms with Crippen LogP contribution in [0.4, 0.5) is 8.78 Å². The molecule has 1 unspecified atom stereocenters. The molecule has 3 saturated carbocycles. The van der Waals surface area contributed by atoms with E-state index in [2.05, 4.69) is 13.8 Å². The highest BCUT2D eigenvalue weighted by atomic mass is 19.3. The van der Waals surface area contributed by atoms with E-state index in [1.54, 1.807) is 0 Å². The SMILES string of the molecule is CCCC(C)C1CCC(CCC2COC(C3CCC(C4CCC(C=C(F)F)CC4)CC3)OC2)CC1. The van der Waals surface area contributed by atoms with E-state index < -0.39 is 6.08 Å². The molecule has 0 aromatic carbocycles. The Morgan fingerprint density at radius 1 is 0.743 bits per heavy atom. The fraction of sp³-hybridized carbons (Fsp3) is 0.935. The molecule has 202 valence electrons. The van der Waals surface area contributed by atoms with Crippen LogP contribution in [-0.4, -0.2) is 19.5 Å². The molecule has 0 aromatic rings. The maximum atomic E-state index is 12.5. The first-order chi connectivity index (χ1) is 17.0. The van der Waals surface area contributed by atoms with Gasteiger partial charge in [0.1, 0.15) is 0 Å². The molecule has 0 aromatic heterocycles. The number of ether oxygens (including phenoxy) is 2. The van der Waals surface area contributed by atoms with Crippen molar-refractivity contribution in [3.63, 3.8) is 0 Å². The van der Waals surface area contributed by atoms with Crippen LogP contribution in [-0.2, 0) is 9.47 Å². The molecular weight excluding hydrogens is 442 g/mol. The maximum Gasteiger partial charge on any atom is 0.266 e. The lowest BCUT2D eigenvalue weighted by Gasteiger charge is -2.41. The number of hydrogen-bond acceptors (Lipinski definition) is 2. The summed E-state index contributed by atoms with van der Waals surface area (Å²) in [7, 11) is 0. The molecular formula is C31H52F2O2. The average Bonchev–Trinajstić information content (AvgIpc) is 2.88. The molecule has 0 radical (unpaired) electrons. The molecule has 4 aliphatic rings. The summed E-state index contributed by atoms with van der Waals surface area (Å²) >= 11 is 0. The minimum atomic E-state index is -1.50. The van der Waals surface area contributed by atoms with Gasteiger partial charge >= 0.3 is 0 Å². The molecule has 1 heterocycles. The van der Waals surface area contributed by atoms with E-state index in [0.717, 1.165) is 68.5 Å². The van der Waals surface area contributed by atoms with E-state index in [9.17, 15) is 8.78 Å². The molecule has 4 heteroatoms. The third-order valence-corrected chi connectivity index (χ3v) is 10.5. The summed E-state index contributed by atoms with van der Waals surface area (Å²) in [6.07, 6.45) is 19.9. The van der Waals surface area contributed by atoms with Gasteiger partial charge in [0.25, 0.3) is 6.08 Å². The molecule has 2 nitrogen and oxygen atoms in total. The van der Waals surface area contributed by atoms with Crippen LogP contribution in [0.25, 0.3) is 0 Å². The van der Waals surface area contributed by atoms with Gasteiger partial charge in [-0.2, -0.15) is 8.78 Å². The number of rotatable bonds is 9. The monoisotopic (exact) mass is 494 g/mol. The number of allylic oxidation sites excluding steroid dienone is 1. The molecule has 35 heavy (non-hydrogen) atoms. The van der Waals surface area contributed by atoms with E-state index in [1.165, 1.54) is 83.1 Å². The van der Waals surface area contributed by atoms with E-state index in [4.69, 9.17) is 9.47 Å². The normalized spacial score (nSPS) is 39.7. The average molecular weight is 495 g/mol. The topological polar surface area (TPSA) is 18.5 Å². The van der Waals surface area contributed by atoms with Crippen LogP contribution < -0.4 is 0 Å². The summed E-state index contributed by atoms with van der Waals surface area (Å²) in [5.74, 6) is 5.57. The van der Waals surface area contributed by atoms with Gasteiger partial charge in [-0.05, 0) is 112 Å². The molecule has 1 atom stereocenters. The van der Waals surface area contributed by atoms with Crippen LogP contribution in [0.5, 0.6) is 0 Å². The Morgan fingerprint density at radius 3 is 1.86 bits per heavy atom. The first-order valence-corrected chi connectivity index (χ1v) is 15.3. The highest BCUT2D eigenvalue weighted by molar-refractivity contribution is 4.92. The molecule has 1 aliphatic heterocycles. The zero-order chi connectivity index (χ0) is 24.6. The Balaban J connectivity index is 1.08. The highest BCUT2D eigenvalue weighted by Crippen LogP contribution is 2.43. The smallest absolute Gasteiger partial charge is 0.266 e. The lowest BCUT2D eigenvalue weighted by Crippen LogP contribution is -2.39. The second-order valence-electron chi connectivity index (χ2n) is 12.8. The number of halogens is 2. The summed E-state index contributed by atoms with van der Waals surface area (Å²) < 4.78 is 37.6. The fourth-order valence-corrected chi connectivity index (χ4v) is 8.06. The van der Waals surface area contributed by atoms with Crippen molar-refractivity contribution in [1.82, 2.24) is 0 Å². The van der Waals surface area contributed by atoms with Gasteiger partial charge in [-0.1, -0.05) is 46.0 Å². The Morgan fingerprint density at radius 2 is 1.29 bits per heavy atom. The standard InChI is InChI=1S/C31H52F2O2/c1-3-4-22(2)26-11-7-23(8-12-26)5-6-25-20-34-31(35-21-25)29-17-15-28(16-18-29)27-13-9-24(10-14-27)19-30(32)33/h19,22-29,31H,3-18,20-21H2,1-2H3. The van der Waals surface area contributed by atoms with Crippen LogP contribution in [0.2, 0.25) is 0 Å². The number of hydrogen-bond donors (Lipinski definition) is 0. The zero-order valence-electron chi connectivity index (χ0n) is 22.6. The van der Waals surface area contributed by atoms with Crippen molar-refractivity contribution >= 4 is 0 Å². The van der Waals surface area contributed by atoms with Crippen molar-refractivity contribution in [3.8, 4) is 0 Å². The van der Waals surface area contributed by atoms with Crippen LogP contribution in [0.15, 0.2) is 12.2 Å². The molecule has 0 spiro atoms. The minimum absolute atomic E-state index is 0.0103. The van der Waals surface area contributed by atoms with Crippen molar-refractivity contribution in [2.75, 3.05) is 13.2 Å². The molecule has 0 bridgehead atoms. The second-order valence-corrected chi connectivity index (χ2v) is 12.8. The minimum Gasteiger partial charge on any atom is -0.352 e. The predicted octanol–water partition coefficient (Wildman–Crippen LogP) is 9.39. The largest absolute Gasteiger partial charge is 0.352 e. The van der Waals surface area contributed by atoms with Crippen LogP contribution in [0, 0.1) is 47.3 Å². The quantitative estimate of drug-likeness (QED) is 0.318. The van der Waals surface area contributed by atoms with E-state index in [-0.39, 0.29) is 12.2 Å². The van der Waals surface area contributed by atoms with E-state index in [1.807, 2.05) is 0 Å². The van der Waals surface area contributed by atoms with Gasteiger partial charge in [-0.15, -0.1) is 0 Å². The molecule has 3 aliphatic carbocycles. The first kappa shape index (κ1) is 27.6. The Kier molecular flexibility index (Phi) is 10.9. The Hall–Kier alpha value is -0.480. The van der Waals surface area contributed by atoms with Gasteiger partial charge in [0.15, 0.2) is 6.29 Å². The van der Waals surface area contributed by atoms with Crippen LogP contribution in [0.3, 0.4) is 0 Å². The summed E-state index contributed by atoms with van der Waals surface area (Å²) in [4.78, 5) is 0. The van der Waals surface area contributed by atoms with Gasteiger partial charge in [-0.3, -0.25) is 0 Å². The predicted molar refractivity (Wildman–Crippen MR) is 139 cm³/mol. The third kappa shape index (κ3) is 8.25. The summed E-state index contributed by atoms with van der Waals surface area (Å²) in [5.41, 5.74) is 0. The van der Waals surface area contributed by atoms with Gasteiger partial charge in [0.05, 0.1) is 13.2 Å². The highest BCUT2D eigenvalue weighted by Gasteiger charge is 2.36. The maximum absolute atomic E-state index is 12.5. The Bertz CT molecular complexity index is 616. The molecule has 0 N–H and O–H groups in total. The van der Waals surface area contributed by atoms with Gasteiger partial charge in [0.2, 0.25) is 0 Å². The zero-order valence-corrected chi connectivity index (χ0v) is 22.6. The van der Waals surface area contributed by atoms with Gasteiger partial charge in [0, 0.05) is 11.8 Å². The van der Waals surface area contributed by atoms with Crippen molar-refractivity contribution in [2.45, 2.75) is 123 Å². The lowest BCUT2D eigenvalue weighted by atomic mass is 9.69. The van der Waals surface area contributed by atoms with Crippen LogP contribution >= 0.6 is 0 Å². The van der Waals surface area contributed by atoms with Crippen molar-refractivity contribution in [1.29, 1.82) is 0 Å². The summed E-state index contributed by atoms with van der Waals surface area (Å²) in [6.45, 7) is 6.56. The van der Waals surface area contributed by atoms with Crippen molar-refractivity contribution in [3.05, 3.63) is 12.2 Å². The summed E-state index contributed by atoms with van der Waals surface area (Å²) in [5, 5.41) is 0. The molecule has 1 saturated heterocycles. The first-order valence-electron chi connectivity index (χ1n) is 15.3. The van der Waals surface area contributed by atoms with E-state index in [0.29, 0.717) is 11.8 Å². The van der Waals surface area contributed by atoms with Crippen molar-refractivity contribution < 1.29 is 18.3 Å². The summed E-state index contributed by atoms with van der Waals surface area (Å²) in [6, 6.07) is 0. The molecule has 0 amide bonds. The van der Waals surface area contributed by atoms with Crippen molar-refractivity contribution in [2.24, 2.45) is 47.3 Å². The van der Waals surface area contributed by atoms with E-state index >= 15 is 0 Å². The fourth-order valence-electron chi connectivity index (χ4n) is 8.06. The van der Waals surface area contributed by atoms with Gasteiger partial charge < -0.3 is 9.47 Å². The lowest BCUT2D eigenvalue weighted by molar-refractivity contribution is -0.230.